The molecule has 0 radical (unpaired) electrons. The second-order valence-corrected chi connectivity index (χ2v) is 16.3. The number of ether oxygens (including phenoxy) is 4. The van der Waals surface area contributed by atoms with E-state index in [0.717, 1.165) is 54.1 Å². The first-order valence-corrected chi connectivity index (χ1v) is 19.0. The monoisotopic (exact) mass is 744 g/mol. The highest BCUT2D eigenvalue weighted by molar-refractivity contribution is 5.77. The van der Waals surface area contributed by atoms with Gasteiger partial charge in [-0.1, -0.05) is 75.4 Å². The molecule has 2 unspecified atom stereocenters. The van der Waals surface area contributed by atoms with E-state index in [2.05, 4.69) is 36.7 Å². The summed E-state index contributed by atoms with van der Waals surface area (Å²) in [5.41, 5.74) is 2.48. The Hall–Kier alpha value is -4.77. The van der Waals surface area contributed by atoms with Gasteiger partial charge in [0.15, 0.2) is 0 Å². The van der Waals surface area contributed by atoms with E-state index < -0.39 is 11.7 Å². The van der Waals surface area contributed by atoms with E-state index in [4.69, 9.17) is 18.9 Å². The lowest BCUT2D eigenvalue weighted by Gasteiger charge is -2.22. The number of rotatable bonds is 11. The molecular formula is C43H60N4O7. The summed E-state index contributed by atoms with van der Waals surface area (Å²) in [4.78, 5) is 37.9. The van der Waals surface area contributed by atoms with Crippen LogP contribution in [0.25, 0.3) is 0 Å². The molecule has 0 saturated carbocycles. The Morgan fingerprint density at radius 3 is 1.89 bits per heavy atom. The zero-order valence-electron chi connectivity index (χ0n) is 33.3. The summed E-state index contributed by atoms with van der Waals surface area (Å²) < 4.78 is 22.6. The fourth-order valence-corrected chi connectivity index (χ4v) is 6.01. The third kappa shape index (κ3) is 14.9. The molecule has 0 aliphatic carbocycles. The van der Waals surface area contributed by atoms with Crippen LogP contribution >= 0.6 is 0 Å². The summed E-state index contributed by atoms with van der Waals surface area (Å²) in [7, 11) is 0. The Balaban J connectivity index is 0.000000258. The molecule has 2 saturated heterocycles. The van der Waals surface area contributed by atoms with Crippen LogP contribution in [0.15, 0.2) is 78.9 Å². The van der Waals surface area contributed by atoms with Crippen LogP contribution in [0.3, 0.4) is 0 Å². The van der Waals surface area contributed by atoms with Crippen molar-refractivity contribution in [2.24, 2.45) is 5.41 Å². The zero-order chi connectivity index (χ0) is 39.3. The van der Waals surface area contributed by atoms with Gasteiger partial charge in [-0.2, -0.15) is 0 Å². The third-order valence-corrected chi connectivity index (χ3v) is 8.79. The minimum Gasteiger partial charge on any atom is -0.489 e. The van der Waals surface area contributed by atoms with Gasteiger partial charge in [-0.15, -0.1) is 0 Å². The molecule has 2 fully saturated rings. The van der Waals surface area contributed by atoms with Gasteiger partial charge >= 0.3 is 12.2 Å². The maximum absolute atomic E-state index is 12.3. The molecule has 0 spiro atoms. The van der Waals surface area contributed by atoms with Gasteiger partial charge in [-0.25, -0.2) is 9.59 Å². The molecule has 3 aromatic rings. The van der Waals surface area contributed by atoms with Crippen molar-refractivity contribution in [3.8, 4) is 11.5 Å². The van der Waals surface area contributed by atoms with Gasteiger partial charge in [-0.3, -0.25) is 4.79 Å². The third-order valence-electron chi connectivity index (χ3n) is 8.79. The molecule has 0 bridgehead atoms. The Labute approximate surface area is 321 Å². The molecule has 54 heavy (non-hydrogen) atoms. The van der Waals surface area contributed by atoms with E-state index >= 15 is 0 Å². The van der Waals surface area contributed by atoms with Crippen molar-refractivity contribution >= 4 is 18.1 Å². The molecule has 11 heteroatoms. The number of nitrogens with zero attached hydrogens (tertiary/aromatic N) is 1. The van der Waals surface area contributed by atoms with Crippen molar-refractivity contribution in [3.05, 3.63) is 95.6 Å². The predicted molar refractivity (Wildman–Crippen MR) is 210 cm³/mol. The average molecular weight is 745 g/mol. The van der Waals surface area contributed by atoms with E-state index in [1.165, 1.54) is 0 Å². The zero-order valence-corrected chi connectivity index (χ0v) is 33.3. The van der Waals surface area contributed by atoms with Gasteiger partial charge in [0.25, 0.3) is 0 Å². The molecule has 2 aliphatic rings. The lowest BCUT2D eigenvalue weighted by molar-refractivity contribution is -0.123. The highest BCUT2D eigenvalue weighted by atomic mass is 16.6. The first-order chi connectivity index (χ1) is 25.5. The maximum Gasteiger partial charge on any atom is 0.410 e. The van der Waals surface area contributed by atoms with Crippen LogP contribution in [0, 0.1) is 5.41 Å². The van der Waals surface area contributed by atoms with Gasteiger partial charge in [-0.05, 0) is 94.0 Å². The number of hydrogen-bond donors (Lipinski definition) is 3. The molecule has 2 heterocycles. The summed E-state index contributed by atoms with van der Waals surface area (Å²) in [6.07, 6.45) is 1.76. The van der Waals surface area contributed by atoms with Crippen molar-refractivity contribution in [3.63, 3.8) is 0 Å². The number of carbonyl (C=O) groups excluding carboxylic acids is 3. The summed E-state index contributed by atoms with van der Waals surface area (Å²) in [6, 6.07) is 25.0. The van der Waals surface area contributed by atoms with E-state index in [9.17, 15) is 14.4 Å². The molecule has 3 N–H and O–H groups in total. The molecule has 3 aromatic carbocycles. The van der Waals surface area contributed by atoms with Crippen LogP contribution in [0.1, 0.15) is 103 Å². The number of amides is 3. The van der Waals surface area contributed by atoms with Gasteiger partial charge in [0.1, 0.15) is 35.9 Å². The average Bonchev–Trinajstić information content (AvgIpc) is 3.79. The van der Waals surface area contributed by atoms with Gasteiger partial charge in [0, 0.05) is 25.9 Å². The van der Waals surface area contributed by atoms with Crippen LogP contribution < -0.4 is 25.4 Å². The number of benzene rings is 3. The Bertz CT molecular complexity index is 1610. The van der Waals surface area contributed by atoms with Crippen LogP contribution in [0.5, 0.6) is 11.5 Å². The largest absolute Gasteiger partial charge is 0.489 e. The Morgan fingerprint density at radius 2 is 1.35 bits per heavy atom. The summed E-state index contributed by atoms with van der Waals surface area (Å²) in [5.74, 6) is 1.71. The molecule has 0 aromatic heterocycles. The number of nitrogens with one attached hydrogen (secondary N) is 3. The number of alkyl carbamates (subject to hydrolysis) is 1. The van der Waals surface area contributed by atoms with E-state index in [1.54, 1.807) is 4.90 Å². The number of likely N-dealkylation sites (tertiary alicyclic amines) is 1. The second-order valence-electron chi connectivity index (χ2n) is 16.3. The molecule has 2 aliphatic heterocycles. The van der Waals surface area contributed by atoms with Crippen LogP contribution in [0.2, 0.25) is 0 Å². The van der Waals surface area contributed by atoms with Crippen molar-refractivity contribution in [2.45, 2.75) is 111 Å². The van der Waals surface area contributed by atoms with Gasteiger partial charge < -0.3 is 39.8 Å². The molecule has 3 amide bonds. The first-order valence-electron chi connectivity index (χ1n) is 19.0. The minimum absolute atomic E-state index is 0.0107. The molecular weight excluding hydrogens is 684 g/mol. The quantitative estimate of drug-likeness (QED) is 0.180. The normalized spacial score (nSPS) is 18.0. The predicted octanol–water partition coefficient (Wildman–Crippen LogP) is 8.10. The maximum atomic E-state index is 12.3. The topological polar surface area (TPSA) is 127 Å². The van der Waals surface area contributed by atoms with Crippen LogP contribution in [-0.4, -0.2) is 67.0 Å². The smallest absolute Gasteiger partial charge is 0.410 e. The highest BCUT2D eigenvalue weighted by Gasteiger charge is 2.29. The van der Waals surface area contributed by atoms with E-state index in [1.807, 2.05) is 113 Å². The molecule has 294 valence electrons. The summed E-state index contributed by atoms with van der Waals surface area (Å²) in [6.45, 7) is 18.9. The highest BCUT2D eigenvalue weighted by Crippen LogP contribution is 2.24. The van der Waals surface area contributed by atoms with E-state index in [-0.39, 0.29) is 48.3 Å². The number of hydrogen-bond acceptors (Lipinski definition) is 8. The Morgan fingerprint density at radius 1 is 0.778 bits per heavy atom. The van der Waals surface area contributed by atoms with Crippen LogP contribution in [0.4, 0.5) is 9.59 Å². The minimum atomic E-state index is -0.537. The van der Waals surface area contributed by atoms with Crippen molar-refractivity contribution in [1.29, 1.82) is 0 Å². The first kappa shape index (κ1) is 42.0. The SMILES string of the molecule is C[C@H](NC(=O)CC(C)(C)C)c1ccc(OC2CCNC2)cc1.C[C@H](NC(=O)OC(C)(C)C)c1ccc(OC2CCN(C(=O)OCc3ccccc3)C2)cc1. The lowest BCUT2D eigenvalue weighted by Crippen LogP contribution is -2.34. The molecule has 5 rings (SSSR count). The van der Waals surface area contributed by atoms with Crippen molar-refractivity contribution in [2.75, 3.05) is 26.2 Å². The summed E-state index contributed by atoms with van der Waals surface area (Å²) in [5, 5.41) is 9.17. The fraction of sp³-hybridized carbons (Fsp3) is 0.512. The van der Waals surface area contributed by atoms with Gasteiger partial charge in [0.05, 0.1) is 18.6 Å². The van der Waals surface area contributed by atoms with Crippen molar-refractivity contribution < 1.29 is 33.3 Å². The summed E-state index contributed by atoms with van der Waals surface area (Å²) >= 11 is 0. The molecule has 4 atom stereocenters. The number of carbonyl (C=O) groups is 3. The Kier molecular flexibility index (Phi) is 15.2. The van der Waals surface area contributed by atoms with E-state index in [0.29, 0.717) is 19.5 Å². The lowest BCUT2D eigenvalue weighted by atomic mass is 9.91. The molecule has 11 nitrogen and oxygen atoms in total. The fourth-order valence-electron chi connectivity index (χ4n) is 6.01. The second kappa shape index (κ2) is 19.5. The van der Waals surface area contributed by atoms with Crippen LogP contribution in [-0.2, 0) is 20.9 Å². The van der Waals surface area contributed by atoms with Gasteiger partial charge in [0.2, 0.25) is 5.91 Å². The van der Waals surface area contributed by atoms with Crippen molar-refractivity contribution in [1.82, 2.24) is 20.9 Å². The standard InChI is InChI=1S/C25H32N2O5.C18H28N2O2/c1-18(26-23(28)32-25(2,3)4)20-10-12-21(13-11-20)31-22-14-15-27(16-22)24(29)30-17-19-8-6-5-7-9-19;1-13(20-17(21)11-18(2,3)4)14-5-7-15(8-6-14)22-16-9-10-19-12-16/h5-13,18,22H,14-17H2,1-4H3,(H,26,28);5-8,13,16,19H,9-12H2,1-4H3,(H,20,21)/t18-,22?;13-,16?/m00/s1.